The molecular weight excluding hydrogens is 671 g/mol. The highest BCUT2D eigenvalue weighted by Crippen LogP contribution is 2.41. The SMILES string of the molecule is CCc1ccc(/C(=C(/F)N2CCN(c3ccc(OCC4COC(Cn5ccnc5)(c5ccc(Cl)cc5Cl)O4)cc3)CC2)C(F)(F)F)cc1. The Kier molecular flexibility index (Phi) is 10.2. The molecule has 2 saturated heterocycles. The van der Waals surface area contributed by atoms with Gasteiger partial charge in [0, 0.05) is 54.8 Å². The molecule has 0 amide bonds. The lowest BCUT2D eigenvalue weighted by atomic mass is 10.0. The average Bonchev–Trinajstić information content (AvgIpc) is 3.74. The third-order valence-corrected chi connectivity index (χ3v) is 9.03. The Morgan fingerprint density at radius 2 is 1.73 bits per heavy atom. The molecule has 0 radical (unpaired) electrons. The summed E-state index contributed by atoms with van der Waals surface area (Å²) in [5, 5.41) is 0.916. The first-order valence-corrected chi connectivity index (χ1v) is 16.3. The van der Waals surface area contributed by atoms with Crippen molar-refractivity contribution in [3.63, 3.8) is 0 Å². The Labute approximate surface area is 286 Å². The van der Waals surface area contributed by atoms with Gasteiger partial charge >= 0.3 is 6.18 Å². The molecule has 13 heteroatoms. The predicted octanol–water partition coefficient (Wildman–Crippen LogP) is 8.12. The molecule has 0 spiro atoms. The van der Waals surface area contributed by atoms with Crippen LogP contribution in [0.3, 0.4) is 0 Å². The molecule has 4 aromatic rings. The van der Waals surface area contributed by atoms with Crippen molar-refractivity contribution in [2.24, 2.45) is 0 Å². The highest BCUT2D eigenvalue weighted by Gasteiger charge is 2.45. The van der Waals surface area contributed by atoms with Gasteiger partial charge in [-0.15, -0.1) is 0 Å². The van der Waals surface area contributed by atoms with E-state index in [2.05, 4.69) is 4.98 Å². The minimum atomic E-state index is -4.83. The van der Waals surface area contributed by atoms with Crippen LogP contribution in [0.1, 0.15) is 23.6 Å². The monoisotopic (exact) mass is 704 g/mol. The fourth-order valence-electron chi connectivity index (χ4n) is 5.94. The van der Waals surface area contributed by atoms with Crippen LogP contribution in [-0.4, -0.2) is 66.1 Å². The van der Waals surface area contributed by atoms with E-state index in [1.54, 1.807) is 42.9 Å². The molecule has 0 N–H and O–H groups in total. The molecule has 0 aliphatic carbocycles. The second-order valence-corrected chi connectivity index (χ2v) is 12.5. The van der Waals surface area contributed by atoms with Gasteiger partial charge < -0.3 is 28.6 Å². The van der Waals surface area contributed by atoms with Crippen LogP contribution in [0.4, 0.5) is 23.2 Å². The van der Waals surface area contributed by atoms with E-state index < -0.39 is 29.6 Å². The largest absolute Gasteiger partial charge is 0.491 e. The Balaban J connectivity index is 1.06. The van der Waals surface area contributed by atoms with Crippen LogP contribution in [0.5, 0.6) is 5.75 Å². The third kappa shape index (κ3) is 7.59. The number of anilines is 1. The van der Waals surface area contributed by atoms with Gasteiger partial charge in [-0.1, -0.05) is 60.5 Å². The molecule has 254 valence electrons. The maximum Gasteiger partial charge on any atom is 0.421 e. The number of ether oxygens (including phenoxy) is 3. The number of allylic oxidation sites excluding steroid dienone is 1. The summed E-state index contributed by atoms with van der Waals surface area (Å²) in [6, 6.07) is 18.4. The van der Waals surface area contributed by atoms with Gasteiger partial charge in [0.15, 0.2) is 0 Å². The fraction of sp³-hybridized carbons (Fsp3) is 0.343. The van der Waals surface area contributed by atoms with Crippen LogP contribution in [0.25, 0.3) is 5.57 Å². The lowest BCUT2D eigenvalue weighted by Crippen LogP contribution is -2.45. The molecule has 0 saturated carbocycles. The number of hydrogen-bond donors (Lipinski definition) is 0. The van der Waals surface area contributed by atoms with Crippen molar-refractivity contribution in [2.45, 2.75) is 38.0 Å². The zero-order chi connectivity index (χ0) is 33.9. The standard InChI is InChI=1S/C35H34Cl2F4N4O3/c1-2-24-3-5-25(6-4-24)32(35(39,40)41)33(38)45-17-15-44(16-18-45)27-8-10-28(11-9-27)46-20-29-21-47-34(48-29,22-43-14-13-42-23-43)30-12-7-26(36)19-31(30)37/h3-14,19,23,29H,2,15-18,20-22H2,1H3/b33-32+. The first-order valence-electron chi connectivity index (χ1n) is 15.6. The van der Waals surface area contributed by atoms with Gasteiger partial charge in [-0.2, -0.15) is 17.6 Å². The summed E-state index contributed by atoms with van der Waals surface area (Å²) >= 11 is 12.7. The van der Waals surface area contributed by atoms with Crippen LogP contribution < -0.4 is 9.64 Å². The van der Waals surface area contributed by atoms with Crippen molar-refractivity contribution in [1.29, 1.82) is 0 Å². The van der Waals surface area contributed by atoms with E-state index in [4.69, 9.17) is 37.4 Å². The number of imidazole rings is 1. The summed E-state index contributed by atoms with van der Waals surface area (Å²) in [4.78, 5) is 7.28. The topological polar surface area (TPSA) is 52.0 Å². The van der Waals surface area contributed by atoms with Gasteiger partial charge in [0.05, 0.1) is 24.5 Å². The number of aryl methyl sites for hydroxylation is 1. The second-order valence-electron chi connectivity index (χ2n) is 11.7. The lowest BCUT2D eigenvalue weighted by Gasteiger charge is -2.37. The van der Waals surface area contributed by atoms with Crippen LogP contribution in [-0.2, 0) is 28.2 Å². The number of halogens is 6. The minimum absolute atomic E-state index is 0.105. The summed E-state index contributed by atoms with van der Waals surface area (Å²) < 4.78 is 77.9. The Hall–Kier alpha value is -3.77. The smallest absolute Gasteiger partial charge is 0.421 e. The van der Waals surface area contributed by atoms with Crippen LogP contribution in [0, 0.1) is 0 Å². The lowest BCUT2D eigenvalue weighted by molar-refractivity contribution is -0.189. The Bertz CT molecular complexity index is 1710. The normalized spacial score (nSPS) is 20.6. The van der Waals surface area contributed by atoms with Crippen LogP contribution >= 0.6 is 23.2 Å². The Morgan fingerprint density at radius 1 is 1.00 bits per heavy atom. The molecule has 3 heterocycles. The number of rotatable bonds is 10. The van der Waals surface area contributed by atoms with E-state index in [0.717, 1.165) is 16.2 Å². The molecule has 3 aromatic carbocycles. The molecule has 2 atom stereocenters. The van der Waals surface area contributed by atoms with E-state index >= 15 is 4.39 Å². The zero-order valence-corrected chi connectivity index (χ0v) is 27.6. The van der Waals surface area contributed by atoms with Gasteiger partial charge in [0.2, 0.25) is 11.7 Å². The average molecular weight is 706 g/mol. The Morgan fingerprint density at radius 3 is 2.35 bits per heavy atom. The maximum atomic E-state index is 15.4. The molecular formula is C35H34Cl2F4N4O3. The van der Waals surface area contributed by atoms with E-state index in [0.29, 0.717) is 47.4 Å². The molecule has 48 heavy (non-hydrogen) atoms. The zero-order valence-electron chi connectivity index (χ0n) is 26.1. The fourth-order valence-corrected chi connectivity index (χ4v) is 6.50. The molecule has 1 aromatic heterocycles. The predicted molar refractivity (Wildman–Crippen MR) is 177 cm³/mol. The summed E-state index contributed by atoms with van der Waals surface area (Å²) in [6.07, 6.45) is 0.601. The van der Waals surface area contributed by atoms with Gasteiger partial charge in [-0.05, 0) is 53.9 Å². The molecule has 0 bridgehead atoms. The van der Waals surface area contributed by atoms with Crippen molar-refractivity contribution in [1.82, 2.24) is 14.5 Å². The van der Waals surface area contributed by atoms with Crippen molar-refractivity contribution < 1.29 is 31.8 Å². The van der Waals surface area contributed by atoms with Crippen LogP contribution in [0.2, 0.25) is 10.0 Å². The van der Waals surface area contributed by atoms with Gasteiger partial charge in [-0.25, -0.2) is 4.98 Å². The number of nitrogens with zero attached hydrogens (tertiary/aromatic N) is 4. The first kappa shape index (κ1) is 34.1. The quantitative estimate of drug-likeness (QED) is 0.123. The number of piperazine rings is 1. The van der Waals surface area contributed by atoms with Crippen molar-refractivity contribution in [3.8, 4) is 5.75 Å². The minimum Gasteiger partial charge on any atom is -0.491 e. The van der Waals surface area contributed by atoms with E-state index in [-0.39, 0.29) is 31.9 Å². The molecule has 2 aliphatic rings. The highest BCUT2D eigenvalue weighted by molar-refractivity contribution is 6.35. The summed E-state index contributed by atoms with van der Waals surface area (Å²) in [5.41, 5.74) is 0.962. The van der Waals surface area contributed by atoms with E-state index in [9.17, 15) is 13.2 Å². The van der Waals surface area contributed by atoms with E-state index in [1.807, 2.05) is 46.9 Å². The maximum absolute atomic E-state index is 15.4. The molecule has 7 nitrogen and oxygen atoms in total. The van der Waals surface area contributed by atoms with E-state index in [1.165, 1.54) is 12.1 Å². The second kappa shape index (κ2) is 14.4. The van der Waals surface area contributed by atoms with Crippen molar-refractivity contribution >= 4 is 34.5 Å². The number of alkyl halides is 3. The van der Waals surface area contributed by atoms with Gasteiger partial charge in [-0.3, -0.25) is 0 Å². The summed E-state index contributed by atoms with van der Waals surface area (Å²) in [6.45, 7) is 3.62. The number of benzene rings is 3. The number of hydrogen-bond acceptors (Lipinski definition) is 6. The van der Waals surface area contributed by atoms with Gasteiger partial charge in [0.25, 0.3) is 0 Å². The van der Waals surface area contributed by atoms with Crippen molar-refractivity contribution in [2.75, 3.05) is 44.3 Å². The number of aromatic nitrogens is 2. The summed E-state index contributed by atoms with van der Waals surface area (Å²) in [7, 11) is 0. The first-order chi connectivity index (χ1) is 23.0. The highest BCUT2D eigenvalue weighted by atomic mass is 35.5. The van der Waals surface area contributed by atoms with Gasteiger partial charge in [0.1, 0.15) is 24.0 Å². The third-order valence-electron chi connectivity index (χ3n) is 8.49. The summed E-state index contributed by atoms with van der Waals surface area (Å²) in [5.74, 6) is -1.81. The molecule has 2 fully saturated rings. The molecule has 2 unspecified atom stereocenters. The molecule has 6 rings (SSSR count). The van der Waals surface area contributed by atoms with Crippen molar-refractivity contribution in [3.05, 3.63) is 118 Å². The van der Waals surface area contributed by atoms with Crippen LogP contribution in [0.15, 0.2) is 91.4 Å². The molecule has 2 aliphatic heterocycles.